The van der Waals surface area contributed by atoms with E-state index in [1.165, 1.54) is 0 Å². The number of pyridine rings is 1. The number of carbonyl (C=O) groups is 2. The number of aromatic nitrogens is 1. The summed E-state index contributed by atoms with van der Waals surface area (Å²) in [6.45, 7) is 0.865. The van der Waals surface area contributed by atoms with Crippen LogP contribution in [-0.4, -0.2) is 54.5 Å². The van der Waals surface area contributed by atoms with Gasteiger partial charge >= 0.3 is 0 Å². The minimum atomic E-state index is -0.668. The third-order valence-corrected chi connectivity index (χ3v) is 4.03. The van der Waals surface area contributed by atoms with Gasteiger partial charge in [0.25, 0.3) is 5.91 Å². The van der Waals surface area contributed by atoms with Crippen LogP contribution >= 0.6 is 0 Å². The summed E-state index contributed by atoms with van der Waals surface area (Å²) < 4.78 is 5.27. The van der Waals surface area contributed by atoms with Crippen molar-refractivity contribution in [2.24, 2.45) is 5.73 Å². The second-order valence-corrected chi connectivity index (χ2v) is 5.51. The van der Waals surface area contributed by atoms with Crippen molar-refractivity contribution in [3.05, 3.63) is 23.9 Å². The van der Waals surface area contributed by atoms with Crippen LogP contribution in [0.2, 0.25) is 0 Å². The Morgan fingerprint density at radius 3 is 2.95 bits per heavy atom. The van der Waals surface area contributed by atoms with Crippen molar-refractivity contribution >= 4 is 17.6 Å². The van der Waals surface area contributed by atoms with Gasteiger partial charge in [0.1, 0.15) is 5.82 Å². The Labute approximate surface area is 129 Å². The lowest BCUT2D eigenvalue weighted by molar-refractivity contribution is -0.121. The number of nitrogens with zero attached hydrogens (tertiary/aromatic N) is 2. The van der Waals surface area contributed by atoms with Gasteiger partial charge in [-0.15, -0.1) is 0 Å². The van der Waals surface area contributed by atoms with Gasteiger partial charge in [-0.1, -0.05) is 0 Å². The summed E-state index contributed by atoms with van der Waals surface area (Å²) >= 11 is 0. The van der Waals surface area contributed by atoms with Gasteiger partial charge in [-0.05, 0) is 25.0 Å². The first-order valence-electron chi connectivity index (χ1n) is 7.26. The maximum atomic E-state index is 12.9. The molecule has 1 fully saturated rings. The van der Waals surface area contributed by atoms with E-state index in [1.54, 1.807) is 37.4 Å². The smallest absolute Gasteiger partial charge is 0.258 e. The first-order valence-corrected chi connectivity index (χ1v) is 7.26. The average Bonchev–Trinajstić information content (AvgIpc) is 2.89. The van der Waals surface area contributed by atoms with Crippen molar-refractivity contribution in [1.82, 2.24) is 9.88 Å². The maximum Gasteiger partial charge on any atom is 0.258 e. The lowest BCUT2D eigenvalue weighted by Gasteiger charge is -2.37. The molecule has 2 amide bonds. The van der Waals surface area contributed by atoms with Gasteiger partial charge in [0, 0.05) is 26.9 Å². The number of hydrogen-bond acceptors (Lipinski definition) is 5. The Morgan fingerprint density at radius 1 is 1.55 bits per heavy atom. The highest BCUT2D eigenvalue weighted by Gasteiger charge is 2.45. The Hall–Kier alpha value is -2.15. The zero-order valence-electron chi connectivity index (χ0n) is 13.0. The van der Waals surface area contributed by atoms with Crippen molar-refractivity contribution in [1.29, 1.82) is 0 Å². The predicted molar refractivity (Wildman–Crippen MR) is 82.5 cm³/mol. The van der Waals surface area contributed by atoms with Crippen LogP contribution in [0.5, 0.6) is 0 Å². The predicted octanol–water partition coefficient (Wildman–Crippen LogP) is 0.620. The first kappa shape index (κ1) is 16.2. The van der Waals surface area contributed by atoms with Crippen LogP contribution in [0, 0.1) is 0 Å². The zero-order chi connectivity index (χ0) is 16.2. The Balaban J connectivity index is 2.35. The van der Waals surface area contributed by atoms with Crippen LogP contribution in [0.15, 0.2) is 18.3 Å². The van der Waals surface area contributed by atoms with Crippen LogP contribution in [0.1, 0.15) is 29.6 Å². The second-order valence-electron chi connectivity index (χ2n) is 5.51. The number of methoxy groups -OCH3 is 1. The SMILES string of the molecule is CNc1ncccc1C(=O)N1CCC[C@@]1(COC)CC(N)=O. The van der Waals surface area contributed by atoms with Gasteiger partial charge < -0.3 is 20.7 Å². The molecular formula is C15H22N4O3. The van der Waals surface area contributed by atoms with Crippen LogP contribution in [0.3, 0.4) is 0 Å². The monoisotopic (exact) mass is 306 g/mol. The lowest BCUT2D eigenvalue weighted by atomic mass is 9.92. The maximum absolute atomic E-state index is 12.9. The third kappa shape index (κ3) is 3.04. The molecule has 3 N–H and O–H groups in total. The van der Waals surface area contributed by atoms with E-state index >= 15 is 0 Å². The fraction of sp³-hybridized carbons (Fsp3) is 0.533. The Kier molecular flexibility index (Phi) is 4.97. The quantitative estimate of drug-likeness (QED) is 0.803. The number of rotatable bonds is 6. The molecule has 1 aromatic heterocycles. The number of ether oxygens (including phenoxy) is 1. The molecule has 1 aliphatic rings. The number of carbonyl (C=O) groups excluding carboxylic acids is 2. The minimum absolute atomic E-state index is 0.0989. The van der Waals surface area contributed by atoms with E-state index in [9.17, 15) is 9.59 Å². The van der Waals surface area contributed by atoms with Crippen molar-refractivity contribution < 1.29 is 14.3 Å². The molecule has 0 saturated carbocycles. The van der Waals surface area contributed by atoms with Crippen molar-refractivity contribution in [3.63, 3.8) is 0 Å². The third-order valence-electron chi connectivity index (χ3n) is 4.03. The molecule has 0 unspecified atom stereocenters. The van der Waals surface area contributed by atoms with Gasteiger partial charge in [0.2, 0.25) is 5.91 Å². The molecule has 0 aliphatic carbocycles. The van der Waals surface area contributed by atoms with Gasteiger partial charge in [-0.25, -0.2) is 4.98 Å². The van der Waals surface area contributed by atoms with E-state index in [0.717, 1.165) is 6.42 Å². The van der Waals surface area contributed by atoms with E-state index < -0.39 is 11.4 Å². The Morgan fingerprint density at radius 2 is 2.32 bits per heavy atom. The lowest BCUT2D eigenvalue weighted by Crippen LogP contribution is -2.52. The van der Waals surface area contributed by atoms with E-state index in [4.69, 9.17) is 10.5 Å². The minimum Gasteiger partial charge on any atom is -0.382 e. The molecule has 0 aromatic carbocycles. The number of nitrogens with one attached hydrogen (secondary N) is 1. The molecule has 0 radical (unpaired) electrons. The molecule has 0 bridgehead atoms. The van der Waals surface area contributed by atoms with Crippen molar-refractivity contribution in [2.75, 3.05) is 32.6 Å². The molecule has 1 atom stereocenters. The fourth-order valence-corrected chi connectivity index (χ4v) is 3.16. The van der Waals surface area contributed by atoms with Gasteiger partial charge in [-0.2, -0.15) is 0 Å². The fourth-order valence-electron chi connectivity index (χ4n) is 3.16. The first-order chi connectivity index (χ1) is 10.5. The highest BCUT2D eigenvalue weighted by Crippen LogP contribution is 2.34. The number of primary amides is 1. The number of likely N-dealkylation sites (tertiary alicyclic amines) is 1. The number of nitrogens with two attached hydrogens (primary N) is 1. The molecule has 7 heteroatoms. The summed E-state index contributed by atoms with van der Waals surface area (Å²) in [5.41, 5.74) is 5.20. The van der Waals surface area contributed by atoms with Crippen molar-refractivity contribution in [3.8, 4) is 0 Å². The number of hydrogen-bond donors (Lipinski definition) is 2. The molecule has 7 nitrogen and oxygen atoms in total. The molecule has 1 aliphatic heterocycles. The Bertz CT molecular complexity index is 563. The standard InChI is InChI=1S/C15H22N4O3/c1-17-13-11(5-3-7-18-13)14(21)19-8-4-6-15(19,10-22-2)9-12(16)20/h3,5,7H,4,6,8-10H2,1-2H3,(H2,16,20)(H,17,18)/t15-/m0/s1. The molecular weight excluding hydrogens is 284 g/mol. The molecule has 22 heavy (non-hydrogen) atoms. The van der Waals surface area contributed by atoms with E-state index in [-0.39, 0.29) is 18.9 Å². The topological polar surface area (TPSA) is 97.6 Å². The highest BCUT2D eigenvalue weighted by molar-refractivity contribution is 5.99. The van der Waals surface area contributed by atoms with Gasteiger partial charge in [0.05, 0.1) is 24.1 Å². The molecule has 2 rings (SSSR count). The normalized spacial score (nSPS) is 20.9. The van der Waals surface area contributed by atoms with E-state index in [1.807, 2.05) is 0 Å². The van der Waals surface area contributed by atoms with Crippen LogP contribution < -0.4 is 11.1 Å². The summed E-state index contributed by atoms with van der Waals surface area (Å²) in [5.74, 6) is -0.0742. The van der Waals surface area contributed by atoms with Gasteiger partial charge in [0.15, 0.2) is 0 Å². The largest absolute Gasteiger partial charge is 0.382 e. The molecule has 1 aromatic rings. The zero-order valence-corrected chi connectivity index (χ0v) is 13.0. The van der Waals surface area contributed by atoms with Gasteiger partial charge in [-0.3, -0.25) is 9.59 Å². The summed E-state index contributed by atoms with van der Waals surface area (Å²) in [6, 6.07) is 3.44. The summed E-state index contributed by atoms with van der Waals surface area (Å²) in [5, 5.41) is 2.92. The summed E-state index contributed by atoms with van der Waals surface area (Å²) in [4.78, 5) is 30.3. The van der Waals surface area contributed by atoms with Crippen LogP contribution in [0.4, 0.5) is 5.82 Å². The summed E-state index contributed by atoms with van der Waals surface area (Å²) in [6.07, 6.45) is 3.24. The van der Waals surface area contributed by atoms with Crippen LogP contribution in [-0.2, 0) is 9.53 Å². The van der Waals surface area contributed by atoms with Crippen molar-refractivity contribution in [2.45, 2.75) is 24.8 Å². The molecule has 0 spiro atoms. The average molecular weight is 306 g/mol. The highest BCUT2D eigenvalue weighted by atomic mass is 16.5. The number of amides is 2. The molecule has 1 saturated heterocycles. The van der Waals surface area contributed by atoms with Crippen LogP contribution in [0.25, 0.3) is 0 Å². The number of anilines is 1. The molecule has 2 heterocycles. The molecule has 120 valence electrons. The van der Waals surface area contributed by atoms with E-state index in [0.29, 0.717) is 24.3 Å². The summed E-state index contributed by atoms with van der Waals surface area (Å²) in [7, 11) is 3.28. The second kappa shape index (κ2) is 6.74. The van der Waals surface area contributed by atoms with E-state index in [2.05, 4.69) is 10.3 Å².